The molecule has 6 heteroatoms. The lowest BCUT2D eigenvalue weighted by molar-refractivity contribution is 0.262. The van der Waals surface area contributed by atoms with Gasteiger partial charge in [0.1, 0.15) is 0 Å². The fourth-order valence-electron chi connectivity index (χ4n) is 1.88. The molecule has 0 aliphatic heterocycles. The molecule has 0 saturated carbocycles. The van der Waals surface area contributed by atoms with Crippen molar-refractivity contribution in [1.82, 2.24) is 4.98 Å². The number of aromatic nitrogens is 1. The molecule has 6 nitrogen and oxygen atoms in total. The van der Waals surface area contributed by atoms with Crippen molar-refractivity contribution in [3.8, 4) is 0 Å². The fourth-order valence-corrected chi connectivity index (χ4v) is 1.88. The van der Waals surface area contributed by atoms with E-state index in [2.05, 4.69) is 15.6 Å². The summed E-state index contributed by atoms with van der Waals surface area (Å²) in [5.74, 6) is -0.558. The number of aromatic amines is 1. The Kier molecular flexibility index (Phi) is 2.96. The van der Waals surface area contributed by atoms with Crippen LogP contribution >= 0.6 is 0 Å². The summed E-state index contributed by atoms with van der Waals surface area (Å²) in [4.78, 5) is 25.6. The van der Waals surface area contributed by atoms with Crippen LogP contribution in [0, 0.1) is 0 Å². The first kappa shape index (κ1) is 12.0. The van der Waals surface area contributed by atoms with Crippen LogP contribution in [0.2, 0.25) is 0 Å². The van der Waals surface area contributed by atoms with Gasteiger partial charge < -0.3 is 15.1 Å². The average Bonchev–Trinajstić information content (AvgIpc) is 2.81. The molecular formula is C14H11N3O3. The van der Waals surface area contributed by atoms with Crippen molar-refractivity contribution < 1.29 is 9.21 Å². The molecular weight excluding hydrogens is 258 g/mol. The summed E-state index contributed by atoms with van der Waals surface area (Å²) in [5.41, 5.74) is 1.95. The molecule has 20 heavy (non-hydrogen) atoms. The molecule has 3 N–H and O–H groups in total. The Morgan fingerprint density at radius 3 is 2.60 bits per heavy atom. The van der Waals surface area contributed by atoms with Crippen LogP contribution in [0.5, 0.6) is 0 Å². The number of para-hydroxylation sites is 2. The predicted molar refractivity (Wildman–Crippen MR) is 75.9 cm³/mol. The van der Waals surface area contributed by atoms with E-state index in [4.69, 9.17) is 4.42 Å². The van der Waals surface area contributed by atoms with E-state index >= 15 is 0 Å². The van der Waals surface area contributed by atoms with Crippen LogP contribution in [-0.2, 0) is 0 Å². The summed E-state index contributed by atoms with van der Waals surface area (Å²) in [6.45, 7) is 0. The highest BCUT2D eigenvalue weighted by atomic mass is 16.4. The van der Waals surface area contributed by atoms with Crippen LogP contribution in [0.25, 0.3) is 11.1 Å². The molecule has 0 spiro atoms. The van der Waals surface area contributed by atoms with E-state index < -0.39 is 11.8 Å². The summed E-state index contributed by atoms with van der Waals surface area (Å²) < 4.78 is 5.00. The van der Waals surface area contributed by atoms with E-state index in [9.17, 15) is 9.59 Å². The molecule has 2 aromatic carbocycles. The van der Waals surface area contributed by atoms with E-state index in [1.165, 1.54) is 0 Å². The van der Waals surface area contributed by atoms with Gasteiger partial charge in [-0.3, -0.25) is 4.98 Å². The number of oxazole rings is 1. The van der Waals surface area contributed by atoms with Gasteiger partial charge in [0.2, 0.25) is 0 Å². The Bertz CT molecular complexity index is 805. The zero-order valence-corrected chi connectivity index (χ0v) is 10.3. The fraction of sp³-hybridized carbons (Fsp3) is 0. The smallest absolute Gasteiger partial charge is 0.406 e. The second kappa shape index (κ2) is 4.93. The first-order chi connectivity index (χ1) is 9.72. The van der Waals surface area contributed by atoms with Crippen molar-refractivity contribution in [3.05, 3.63) is 59.1 Å². The second-order valence-electron chi connectivity index (χ2n) is 4.14. The summed E-state index contributed by atoms with van der Waals surface area (Å²) >= 11 is 0. The number of carbonyl (C=O) groups is 1. The van der Waals surface area contributed by atoms with E-state index in [1.54, 1.807) is 30.3 Å². The van der Waals surface area contributed by atoms with Crippen LogP contribution < -0.4 is 16.4 Å². The molecule has 0 bridgehead atoms. The molecule has 0 saturated heterocycles. The van der Waals surface area contributed by atoms with Crippen molar-refractivity contribution >= 4 is 28.5 Å². The number of anilines is 2. The van der Waals surface area contributed by atoms with Crippen molar-refractivity contribution in [2.75, 3.05) is 10.6 Å². The van der Waals surface area contributed by atoms with Crippen LogP contribution in [0.15, 0.2) is 57.7 Å². The third-order valence-corrected chi connectivity index (χ3v) is 2.73. The summed E-state index contributed by atoms with van der Waals surface area (Å²) in [5, 5.41) is 5.33. The van der Waals surface area contributed by atoms with Gasteiger partial charge in [0.15, 0.2) is 5.58 Å². The minimum atomic E-state index is -0.558. The molecule has 3 aromatic rings. The second-order valence-corrected chi connectivity index (χ2v) is 4.14. The highest BCUT2D eigenvalue weighted by molar-refractivity contribution is 6.04. The Labute approximate surface area is 113 Å². The topological polar surface area (TPSA) is 87.1 Å². The van der Waals surface area contributed by atoms with E-state index in [1.807, 2.05) is 18.2 Å². The molecule has 0 radical (unpaired) electrons. The first-order valence-electron chi connectivity index (χ1n) is 5.97. The average molecular weight is 269 g/mol. The molecule has 0 fully saturated rings. The number of H-pyrrole nitrogens is 1. The Morgan fingerprint density at radius 2 is 1.80 bits per heavy atom. The number of carbonyl (C=O) groups excluding carboxylic acids is 1. The molecule has 0 atom stereocenters. The standard InChI is InChI=1S/C14H11N3O3/c18-13(15-9-5-2-1-3-6-9)16-10-7-4-8-11-12(10)20-14(19)17-11/h1-8H,(H,17,19)(H2,15,16,18). The van der Waals surface area contributed by atoms with Crippen LogP contribution in [0.3, 0.4) is 0 Å². The summed E-state index contributed by atoms with van der Waals surface area (Å²) in [7, 11) is 0. The number of benzene rings is 2. The number of hydrogen-bond donors (Lipinski definition) is 3. The molecule has 3 rings (SSSR count). The van der Waals surface area contributed by atoms with Crippen LogP contribution in [0.4, 0.5) is 16.2 Å². The van der Waals surface area contributed by atoms with Gasteiger partial charge in [0.25, 0.3) is 0 Å². The number of urea groups is 1. The highest BCUT2D eigenvalue weighted by Gasteiger charge is 2.09. The molecule has 0 unspecified atom stereocenters. The number of nitrogens with one attached hydrogen (secondary N) is 3. The van der Waals surface area contributed by atoms with Crippen LogP contribution in [-0.4, -0.2) is 11.0 Å². The lowest BCUT2D eigenvalue weighted by Crippen LogP contribution is -2.19. The first-order valence-corrected chi connectivity index (χ1v) is 5.97. The maximum absolute atomic E-state index is 11.9. The lowest BCUT2D eigenvalue weighted by Gasteiger charge is -2.07. The van der Waals surface area contributed by atoms with Gasteiger partial charge in [-0.25, -0.2) is 9.59 Å². The maximum atomic E-state index is 11.9. The molecule has 1 aromatic heterocycles. The van der Waals surface area contributed by atoms with Gasteiger partial charge in [-0.15, -0.1) is 0 Å². The summed E-state index contributed by atoms with van der Waals surface area (Å²) in [6.07, 6.45) is 0. The van der Waals surface area contributed by atoms with Crippen molar-refractivity contribution in [2.24, 2.45) is 0 Å². The Morgan fingerprint density at radius 1 is 1.00 bits per heavy atom. The largest absolute Gasteiger partial charge is 0.417 e. The predicted octanol–water partition coefficient (Wildman–Crippen LogP) is 2.77. The van der Waals surface area contributed by atoms with Crippen molar-refractivity contribution in [3.63, 3.8) is 0 Å². The number of amides is 2. The van der Waals surface area contributed by atoms with E-state index in [0.717, 1.165) is 0 Å². The number of fused-ring (bicyclic) bond motifs is 1. The molecule has 2 amide bonds. The molecule has 100 valence electrons. The number of hydrogen-bond acceptors (Lipinski definition) is 3. The van der Waals surface area contributed by atoms with Crippen LogP contribution in [0.1, 0.15) is 0 Å². The Hall–Kier alpha value is -3.02. The van der Waals surface area contributed by atoms with Crippen molar-refractivity contribution in [2.45, 2.75) is 0 Å². The molecule has 0 aliphatic carbocycles. The van der Waals surface area contributed by atoms with Gasteiger partial charge in [-0.05, 0) is 24.3 Å². The minimum Gasteiger partial charge on any atom is -0.406 e. The van der Waals surface area contributed by atoms with Gasteiger partial charge in [0.05, 0.1) is 11.2 Å². The van der Waals surface area contributed by atoms with E-state index in [0.29, 0.717) is 22.5 Å². The van der Waals surface area contributed by atoms with Crippen molar-refractivity contribution in [1.29, 1.82) is 0 Å². The van der Waals surface area contributed by atoms with Gasteiger partial charge in [-0.2, -0.15) is 0 Å². The maximum Gasteiger partial charge on any atom is 0.417 e. The van der Waals surface area contributed by atoms with Gasteiger partial charge in [-0.1, -0.05) is 24.3 Å². The van der Waals surface area contributed by atoms with Gasteiger partial charge >= 0.3 is 11.8 Å². The zero-order valence-electron chi connectivity index (χ0n) is 10.3. The normalized spacial score (nSPS) is 10.4. The van der Waals surface area contributed by atoms with E-state index in [-0.39, 0.29) is 0 Å². The third kappa shape index (κ3) is 2.39. The zero-order chi connectivity index (χ0) is 13.9. The summed E-state index contributed by atoms with van der Waals surface area (Å²) in [6, 6.07) is 13.7. The minimum absolute atomic E-state index is 0.320. The lowest BCUT2D eigenvalue weighted by atomic mass is 10.3. The monoisotopic (exact) mass is 269 g/mol. The molecule has 1 heterocycles. The quantitative estimate of drug-likeness (QED) is 0.668. The number of rotatable bonds is 2. The SMILES string of the molecule is O=C(Nc1ccccc1)Nc1cccc2[nH]c(=O)oc12. The Balaban J connectivity index is 1.82. The third-order valence-electron chi connectivity index (χ3n) is 2.73. The highest BCUT2D eigenvalue weighted by Crippen LogP contribution is 2.20. The molecule has 0 aliphatic rings. The van der Waals surface area contributed by atoms with Gasteiger partial charge in [0, 0.05) is 5.69 Å².